The first-order chi connectivity index (χ1) is 12.8. The van der Waals surface area contributed by atoms with Crippen LogP contribution in [0, 0.1) is 0 Å². The van der Waals surface area contributed by atoms with E-state index in [1.807, 2.05) is 17.5 Å². The first-order valence-electron chi connectivity index (χ1n) is 7.99. The first-order valence-corrected chi connectivity index (χ1v) is 10.3. The molecular weight excluding hydrogens is 399 g/mol. The van der Waals surface area contributed by atoms with Crippen molar-refractivity contribution in [2.45, 2.75) is 24.0 Å². The Hall–Kier alpha value is -2.10. The van der Waals surface area contributed by atoms with Gasteiger partial charge in [0.2, 0.25) is 10.0 Å². The van der Waals surface area contributed by atoms with Crippen LogP contribution in [0.25, 0.3) is 0 Å². The molecule has 0 fully saturated rings. The van der Waals surface area contributed by atoms with Gasteiger partial charge >= 0.3 is 6.18 Å². The summed E-state index contributed by atoms with van der Waals surface area (Å²) < 4.78 is 71.3. The number of alkyl halides is 3. The fraction of sp³-hybridized carbons (Fsp3) is 0.222. The van der Waals surface area contributed by atoms with Crippen LogP contribution in [0.4, 0.5) is 13.2 Å². The third-order valence-electron chi connectivity index (χ3n) is 3.90. The Morgan fingerprint density at radius 3 is 2.52 bits per heavy atom. The zero-order chi connectivity index (χ0) is 19.5. The maximum atomic E-state index is 13.0. The fourth-order valence-electron chi connectivity index (χ4n) is 2.53. The van der Waals surface area contributed by atoms with E-state index in [-0.39, 0.29) is 13.1 Å². The van der Waals surface area contributed by atoms with E-state index >= 15 is 0 Å². The molecule has 0 saturated carbocycles. The van der Waals surface area contributed by atoms with Gasteiger partial charge in [-0.2, -0.15) is 17.5 Å². The molecule has 0 atom stereocenters. The van der Waals surface area contributed by atoms with E-state index in [2.05, 4.69) is 0 Å². The SMILES string of the molecule is O=S(=O)(c1cccc(C(F)(F)F)c1)N(CCc1cccs1)Cc1ccco1. The number of hydrogen-bond donors (Lipinski definition) is 0. The highest BCUT2D eigenvalue weighted by molar-refractivity contribution is 7.89. The van der Waals surface area contributed by atoms with Crippen LogP contribution >= 0.6 is 11.3 Å². The van der Waals surface area contributed by atoms with Gasteiger partial charge in [-0.25, -0.2) is 8.42 Å². The molecule has 0 spiro atoms. The molecule has 3 aromatic rings. The lowest BCUT2D eigenvalue weighted by atomic mass is 10.2. The summed E-state index contributed by atoms with van der Waals surface area (Å²) in [4.78, 5) is 0.591. The summed E-state index contributed by atoms with van der Waals surface area (Å²) in [6.07, 6.45) is -2.74. The van der Waals surface area contributed by atoms with Gasteiger partial charge in [0.25, 0.3) is 0 Å². The molecule has 0 unspecified atom stereocenters. The first kappa shape index (κ1) is 19.7. The topological polar surface area (TPSA) is 50.5 Å². The van der Waals surface area contributed by atoms with Crippen molar-refractivity contribution < 1.29 is 26.0 Å². The van der Waals surface area contributed by atoms with Gasteiger partial charge in [0, 0.05) is 11.4 Å². The van der Waals surface area contributed by atoms with Gasteiger partial charge in [-0.15, -0.1) is 11.3 Å². The summed E-state index contributed by atoms with van der Waals surface area (Å²) in [5.41, 5.74) is -1.00. The molecule has 4 nitrogen and oxygen atoms in total. The molecule has 0 aliphatic carbocycles. The van der Waals surface area contributed by atoms with Crippen molar-refractivity contribution in [3.63, 3.8) is 0 Å². The van der Waals surface area contributed by atoms with Crippen LogP contribution in [0.1, 0.15) is 16.2 Å². The van der Waals surface area contributed by atoms with Crippen LogP contribution < -0.4 is 0 Å². The quantitative estimate of drug-likeness (QED) is 0.557. The molecule has 0 N–H and O–H groups in total. The van der Waals surface area contributed by atoms with Gasteiger partial charge in [-0.1, -0.05) is 12.1 Å². The molecule has 9 heteroatoms. The van der Waals surface area contributed by atoms with E-state index < -0.39 is 26.7 Å². The molecule has 1 aromatic carbocycles. The van der Waals surface area contributed by atoms with Gasteiger partial charge < -0.3 is 4.42 Å². The normalized spacial score (nSPS) is 12.6. The Morgan fingerprint density at radius 2 is 1.89 bits per heavy atom. The number of benzene rings is 1. The molecule has 0 saturated heterocycles. The number of rotatable bonds is 7. The lowest BCUT2D eigenvalue weighted by Crippen LogP contribution is -2.32. The van der Waals surface area contributed by atoms with Crippen LogP contribution in [0.2, 0.25) is 0 Å². The van der Waals surface area contributed by atoms with Crippen LogP contribution in [0.3, 0.4) is 0 Å². The predicted molar refractivity (Wildman–Crippen MR) is 95.8 cm³/mol. The largest absolute Gasteiger partial charge is 0.468 e. The number of halogens is 3. The van der Waals surface area contributed by atoms with E-state index in [0.29, 0.717) is 18.2 Å². The van der Waals surface area contributed by atoms with E-state index in [9.17, 15) is 21.6 Å². The third kappa shape index (κ3) is 4.79. The lowest BCUT2D eigenvalue weighted by Gasteiger charge is -2.21. The molecule has 144 valence electrons. The smallest absolute Gasteiger partial charge is 0.416 e. The highest BCUT2D eigenvalue weighted by atomic mass is 32.2. The van der Waals surface area contributed by atoms with Crippen LogP contribution in [0.5, 0.6) is 0 Å². The molecule has 3 rings (SSSR count). The Morgan fingerprint density at radius 1 is 1.07 bits per heavy atom. The van der Waals surface area contributed by atoms with Crippen molar-refractivity contribution in [3.8, 4) is 0 Å². The van der Waals surface area contributed by atoms with Crippen molar-refractivity contribution in [2.24, 2.45) is 0 Å². The van der Waals surface area contributed by atoms with E-state index in [0.717, 1.165) is 21.3 Å². The fourth-order valence-corrected chi connectivity index (χ4v) is 4.68. The molecule has 27 heavy (non-hydrogen) atoms. The minimum absolute atomic E-state index is 0.0586. The molecular formula is C18H16F3NO3S2. The van der Waals surface area contributed by atoms with Crippen LogP contribution in [-0.4, -0.2) is 19.3 Å². The second kappa shape index (κ2) is 7.87. The van der Waals surface area contributed by atoms with E-state index in [1.54, 1.807) is 12.1 Å². The Bertz CT molecular complexity index is 966. The third-order valence-corrected chi connectivity index (χ3v) is 6.68. The van der Waals surface area contributed by atoms with Crippen molar-refractivity contribution in [2.75, 3.05) is 6.54 Å². The van der Waals surface area contributed by atoms with Crippen LogP contribution in [-0.2, 0) is 29.2 Å². The zero-order valence-electron chi connectivity index (χ0n) is 14.0. The van der Waals surface area contributed by atoms with E-state index in [1.165, 1.54) is 23.7 Å². The summed E-state index contributed by atoms with van der Waals surface area (Å²) in [7, 11) is -4.14. The number of furan rings is 1. The van der Waals surface area contributed by atoms with Crippen molar-refractivity contribution in [3.05, 3.63) is 76.4 Å². The zero-order valence-corrected chi connectivity index (χ0v) is 15.7. The van der Waals surface area contributed by atoms with Gasteiger partial charge in [0.15, 0.2) is 0 Å². The molecule has 0 aliphatic heterocycles. The van der Waals surface area contributed by atoms with Gasteiger partial charge in [0.1, 0.15) is 5.76 Å². The Kier molecular flexibility index (Phi) is 5.73. The highest BCUT2D eigenvalue weighted by Crippen LogP contribution is 2.31. The van der Waals surface area contributed by atoms with Crippen molar-refractivity contribution in [1.82, 2.24) is 4.31 Å². The molecule has 0 radical (unpaired) electrons. The number of hydrogen-bond acceptors (Lipinski definition) is 4. The average Bonchev–Trinajstić information content (AvgIpc) is 3.31. The Labute approximate surface area is 158 Å². The molecule has 0 bridgehead atoms. The monoisotopic (exact) mass is 415 g/mol. The van der Waals surface area contributed by atoms with Crippen molar-refractivity contribution in [1.29, 1.82) is 0 Å². The standard InChI is InChI=1S/C18H16F3NO3S2/c19-18(20,21)14-4-1-7-17(12-14)27(23,24)22(13-15-5-2-10-25-15)9-8-16-6-3-11-26-16/h1-7,10-12H,8-9,13H2. The summed E-state index contributed by atoms with van der Waals surface area (Å²) >= 11 is 1.49. The average molecular weight is 415 g/mol. The lowest BCUT2D eigenvalue weighted by molar-refractivity contribution is -0.137. The minimum atomic E-state index is -4.62. The number of nitrogens with zero attached hydrogens (tertiary/aromatic N) is 1. The minimum Gasteiger partial charge on any atom is -0.468 e. The van der Waals surface area contributed by atoms with Gasteiger partial charge in [-0.05, 0) is 48.2 Å². The molecule has 2 aromatic heterocycles. The summed E-state index contributed by atoms with van der Waals surface area (Å²) in [5, 5.41) is 1.88. The van der Waals surface area contributed by atoms with Crippen molar-refractivity contribution >= 4 is 21.4 Å². The summed E-state index contributed by atoms with van der Waals surface area (Å²) in [6.45, 7) is 0.0662. The highest BCUT2D eigenvalue weighted by Gasteiger charge is 2.33. The molecule has 0 amide bonds. The molecule has 0 aliphatic rings. The predicted octanol–water partition coefficient (Wildman–Crippen LogP) is 4.79. The summed E-state index contributed by atoms with van der Waals surface area (Å²) in [5.74, 6) is 0.414. The number of sulfonamides is 1. The van der Waals surface area contributed by atoms with Gasteiger partial charge in [-0.3, -0.25) is 0 Å². The molecule has 2 heterocycles. The number of thiophene rings is 1. The maximum absolute atomic E-state index is 13.0. The van der Waals surface area contributed by atoms with Gasteiger partial charge in [0.05, 0.1) is 23.3 Å². The maximum Gasteiger partial charge on any atom is 0.416 e. The second-order valence-electron chi connectivity index (χ2n) is 5.77. The summed E-state index contributed by atoms with van der Waals surface area (Å²) in [6, 6.07) is 10.8. The van der Waals surface area contributed by atoms with Crippen LogP contribution in [0.15, 0.2) is 69.5 Å². The van der Waals surface area contributed by atoms with E-state index in [4.69, 9.17) is 4.42 Å². The second-order valence-corrected chi connectivity index (χ2v) is 8.74. The Balaban J connectivity index is 1.91.